The molecular formula is C11H22N2O2. The van der Waals surface area contributed by atoms with E-state index in [1.807, 2.05) is 32.7 Å². The van der Waals surface area contributed by atoms with Crippen molar-refractivity contribution in [3.05, 3.63) is 0 Å². The smallest absolute Gasteiger partial charge is 0.236 e. The maximum atomic E-state index is 11.8. The van der Waals surface area contributed by atoms with Crippen LogP contribution in [-0.2, 0) is 9.53 Å². The summed E-state index contributed by atoms with van der Waals surface area (Å²) >= 11 is 0. The van der Waals surface area contributed by atoms with Crippen molar-refractivity contribution in [3.8, 4) is 0 Å². The number of hydrogen-bond acceptors (Lipinski definition) is 3. The molecule has 0 spiro atoms. The summed E-state index contributed by atoms with van der Waals surface area (Å²) in [6.45, 7) is 7.28. The summed E-state index contributed by atoms with van der Waals surface area (Å²) in [5.41, 5.74) is 0. The average Bonchev–Trinajstić information content (AvgIpc) is 2.59. The van der Waals surface area contributed by atoms with Crippen LogP contribution >= 0.6 is 0 Å². The maximum Gasteiger partial charge on any atom is 0.236 e. The normalized spacial score (nSPS) is 25.9. The van der Waals surface area contributed by atoms with Crippen LogP contribution in [0.25, 0.3) is 0 Å². The molecular weight excluding hydrogens is 192 g/mol. The fourth-order valence-corrected chi connectivity index (χ4v) is 1.83. The Morgan fingerprint density at radius 2 is 2.27 bits per heavy atom. The lowest BCUT2D eigenvalue weighted by atomic mass is 10.1. The number of nitrogens with one attached hydrogen (secondary N) is 1. The van der Waals surface area contributed by atoms with Gasteiger partial charge in [-0.25, -0.2) is 0 Å². The third-order valence-electron chi connectivity index (χ3n) is 2.89. The van der Waals surface area contributed by atoms with E-state index < -0.39 is 0 Å². The SMILES string of the molecule is CC(C)NCC(=O)N(C)C1CCOC1C. The Kier molecular flexibility index (Phi) is 4.54. The molecule has 1 fully saturated rings. The second-order valence-corrected chi connectivity index (χ2v) is 4.47. The number of rotatable bonds is 4. The van der Waals surface area contributed by atoms with Crippen molar-refractivity contribution < 1.29 is 9.53 Å². The van der Waals surface area contributed by atoms with Crippen LogP contribution in [0.15, 0.2) is 0 Å². The van der Waals surface area contributed by atoms with Gasteiger partial charge in [-0.15, -0.1) is 0 Å². The first-order chi connectivity index (χ1) is 7.02. The minimum Gasteiger partial charge on any atom is -0.376 e. The molecule has 0 aromatic heterocycles. The minimum absolute atomic E-state index is 0.144. The van der Waals surface area contributed by atoms with Crippen molar-refractivity contribution in [2.45, 2.75) is 45.4 Å². The van der Waals surface area contributed by atoms with Crippen LogP contribution in [0.5, 0.6) is 0 Å². The summed E-state index contributed by atoms with van der Waals surface area (Å²) < 4.78 is 5.45. The molecule has 1 rings (SSSR count). The first kappa shape index (κ1) is 12.5. The van der Waals surface area contributed by atoms with Gasteiger partial charge in [0, 0.05) is 19.7 Å². The summed E-state index contributed by atoms with van der Waals surface area (Å²) in [5, 5.41) is 3.13. The highest BCUT2D eigenvalue weighted by Crippen LogP contribution is 2.17. The third-order valence-corrected chi connectivity index (χ3v) is 2.89. The number of likely N-dealkylation sites (N-methyl/N-ethyl adjacent to an activating group) is 1. The van der Waals surface area contributed by atoms with E-state index in [1.54, 1.807) is 0 Å². The van der Waals surface area contributed by atoms with Crippen LogP contribution in [0.3, 0.4) is 0 Å². The predicted molar refractivity (Wildman–Crippen MR) is 59.7 cm³/mol. The molecule has 0 radical (unpaired) electrons. The van der Waals surface area contributed by atoms with Gasteiger partial charge < -0.3 is 15.0 Å². The van der Waals surface area contributed by atoms with Crippen molar-refractivity contribution >= 4 is 5.91 Å². The fourth-order valence-electron chi connectivity index (χ4n) is 1.83. The largest absolute Gasteiger partial charge is 0.376 e. The van der Waals surface area contributed by atoms with E-state index in [1.165, 1.54) is 0 Å². The molecule has 2 unspecified atom stereocenters. The van der Waals surface area contributed by atoms with E-state index in [0.717, 1.165) is 13.0 Å². The van der Waals surface area contributed by atoms with Gasteiger partial charge in [0.1, 0.15) is 0 Å². The lowest BCUT2D eigenvalue weighted by molar-refractivity contribution is -0.132. The first-order valence-corrected chi connectivity index (χ1v) is 5.63. The highest BCUT2D eigenvalue weighted by Gasteiger charge is 2.30. The Morgan fingerprint density at radius 3 is 2.73 bits per heavy atom. The van der Waals surface area contributed by atoms with Crippen molar-refractivity contribution in [1.82, 2.24) is 10.2 Å². The summed E-state index contributed by atoms with van der Waals surface area (Å²) in [4.78, 5) is 13.6. The van der Waals surface area contributed by atoms with Gasteiger partial charge >= 0.3 is 0 Å². The molecule has 0 aromatic rings. The Hall–Kier alpha value is -0.610. The van der Waals surface area contributed by atoms with E-state index in [0.29, 0.717) is 12.6 Å². The number of hydrogen-bond donors (Lipinski definition) is 1. The second-order valence-electron chi connectivity index (χ2n) is 4.47. The van der Waals surface area contributed by atoms with Gasteiger partial charge in [-0.3, -0.25) is 4.79 Å². The Labute approximate surface area is 92.0 Å². The van der Waals surface area contributed by atoms with Gasteiger partial charge in [0.15, 0.2) is 0 Å². The fraction of sp³-hybridized carbons (Fsp3) is 0.909. The lowest BCUT2D eigenvalue weighted by Gasteiger charge is -2.27. The Bertz CT molecular complexity index is 219. The molecule has 1 saturated heterocycles. The third kappa shape index (κ3) is 3.47. The standard InChI is InChI=1S/C11H22N2O2/c1-8(2)12-7-11(14)13(4)10-5-6-15-9(10)3/h8-10,12H,5-7H2,1-4H3. The minimum atomic E-state index is 0.144. The first-order valence-electron chi connectivity index (χ1n) is 5.63. The highest BCUT2D eigenvalue weighted by atomic mass is 16.5. The number of carbonyl (C=O) groups is 1. The molecule has 0 bridgehead atoms. The second kappa shape index (κ2) is 5.47. The zero-order valence-electron chi connectivity index (χ0n) is 10.1. The van der Waals surface area contributed by atoms with Gasteiger partial charge in [0.05, 0.1) is 18.7 Å². The number of nitrogens with zero attached hydrogens (tertiary/aromatic N) is 1. The van der Waals surface area contributed by atoms with Gasteiger partial charge in [0.25, 0.3) is 0 Å². The van der Waals surface area contributed by atoms with Crippen molar-refractivity contribution in [2.24, 2.45) is 0 Å². The Morgan fingerprint density at radius 1 is 1.60 bits per heavy atom. The lowest BCUT2D eigenvalue weighted by Crippen LogP contribution is -2.45. The molecule has 0 aromatic carbocycles. The van der Waals surface area contributed by atoms with Crippen LogP contribution in [0.1, 0.15) is 27.2 Å². The molecule has 88 valence electrons. The van der Waals surface area contributed by atoms with Gasteiger partial charge in [-0.05, 0) is 13.3 Å². The van der Waals surface area contributed by atoms with Crippen molar-refractivity contribution in [2.75, 3.05) is 20.2 Å². The van der Waals surface area contributed by atoms with Crippen LogP contribution in [0.2, 0.25) is 0 Å². The van der Waals surface area contributed by atoms with Crippen molar-refractivity contribution in [1.29, 1.82) is 0 Å². The number of amides is 1. The van der Waals surface area contributed by atoms with E-state index in [9.17, 15) is 4.79 Å². The molecule has 1 amide bonds. The zero-order chi connectivity index (χ0) is 11.4. The number of ether oxygens (including phenoxy) is 1. The molecule has 4 heteroatoms. The highest BCUT2D eigenvalue weighted by molar-refractivity contribution is 5.78. The summed E-state index contributed by atoms with van der Waals surface area (Å²) in [5.74, 6) is 0.144. The molecule has 0 saturated carbocycles. The molecule has 2 atom stereocenters. The average molecular weight is 214 g/mol. The molecule has 1 heterocycles. The molecule has 0 aliphatic carbocycles. The van der Waals surface area contributed by atoms with Gasteiger partial charge in [-0.1, -0.05) is 13.8 Å². The van der Waals surface area contributed by atoms with Crippen molar-refractivity contribution in [3.63, 3.8) is 0 Å². The predicted octanol–water partition coefficient (Wildman–Crippen LogP) is 0.620. The summed E-state index contributed by atoms with van der Waals surface area (Å²) in [6, 6.07) is 0.589. The summed E-state index contributed by atoms with van der Waals surface area (Å²) in [6.07, 6.45) is 1.11. The van der Waals surface area contributed by atoms with Crippen LogP contribution < -0.4 is 5.32 Å². The van der Waals surface area contributed by atoms with Gasteiger partial charge in [0.2, 0.25) is 5.91 Å². The quantitative estimate of drug-likeness (QED) is 0.746. The van der Waals surface area contributed by atoms with E-state index in [2.05, 4.69) is 5.32 Å². The van der Waals surface area contributed by atoms with E-state index in [4.69, 9.17) is 4.74 Å². The topological polar surface area (TPSA) is 41.6 Å². The molecule has 1 aliphatic heterocycles. The molecule has 1 N–H and O–H groups in total. The van der Waals surface area contributed by atoms with Crippen LogP contribution in [-0.4, -0.2) is 49.2 Å². The summed E-state index contributed by atoms with van der Waals surface area (Å²) in [7, 11) is 1.86. The number of carbonyl (C=O) groups excluding carboxylic acids is 1. The maximum absolute atomic E-state index is 11.8. The monoisotopic (exact) mass is 214 g/mol. The van der Waals surface area contributed by atoms with Crippen LogP contribution in [0, 0.1) is 0 Å². The molecule has 1 aliphatic rings. The van der Waals surface area contributed by atoms with Gasteiger partial charge in [-0.2, -0.15) is 0 Å². The van der Waals surface area contributed by atoms with E-state index >= 15 is 0 Å². The Balaban J connectivity index is 2.38. The van der Waals surface area contributed by atoms with Crippen LogP contribution in [0.4, 0.5) is 0 Å². The van der Waals surface area contributed by atoms with E-state index in [-0.39, 0.29) is 18.1 Å². The molecule has 4 nitrogen and oxygen atoms in total. The zero-order valence-corrected chi connectivity index (χ0v) is 10.1. The molecule has 15 heavy (non-hydrogen) atoms.